The average Bonchev–Trinajstić information content (AvgIpc) is 2.45. The van der Waals surface area contributed by atoms with Gasteiger partial charge in [-0.2, -0.15) is 0 Å². The van der Waals surface area contributed by atoms with Crippen LogP contribution in [0, 0.1) is 5.82 Å². The number of hydrogen-bond acceptors (Lipinski definition) is 2. The van der Waals surface area contributed by atoms with E-state index in [1.54, 1.807) is 6.07 Å². The van der Waals surface area contributed by atoms with E-state index < -0.39 is 0 Å². The Morgan fingerprint density at radius 1 is 1.33 bits per heavy atom. The molecule has 21 heavy (non-hydrogen) atoms. The first-order valence-electron chi connectivity index (χ1n) is 6.73. The summed E-state index contributed by atoms with van der Waals surface area (Å²) in [6.07, 6.45) is 3.64. The summed E-state index contributed by atoms with van der Waals surface area (Å²) in [7, 11) is 0. The van der Waals surface area contributed by atoms with Crippen LogP contribution in [0.2, 0.25) is 5.02 Å². The third-order valence-corrected chi connectivity index (χ3v) is 3.87. The van der Waals surface area contributed by atoms with Gasteiger partial charge in [0.05, 0.1) is 5.02 Å². The van der Waals surface area contributed by atoms with Gasteiger partial charge in [0.1, 0.15) is 5.82 Å². The third-order valence-electron chi connectivity index (χ3n) is 3.58. The standard InChI is InChI=1S/C15H20ClFN2.2ClH/c1-2-3-7-14(19-10-8-18-9-11-19)12-5-4-6-13(16)15(12)17;;/h2,4-6,14,18H,1,3,7-11H2;2*1H/t14-;;/m0../s1. The molecule has 0 aliphatic carbocycles. The minimum atomic E-state index is -0.281. The maximum absolute atomic E-state index is 14.2. The molecular formula is C15H22Cl3FN2. The lowest BCUT2D eigenvalue weighted by Crippen LogP contribution is -2.45. The first kappa shape index (κ1) is 20.7. The van der Waals surface area contributed by atoms with E-state index >= 15 is 0 Å². The number of benzene rings is 1. The van der Waals surface area contributed by atoms with Gasteiger partial charge in [-0.05, 0) is 18.9 Å². The molecule has 1 aromatic carbocycles. The quantitative estimate of drug-likeness (QED) is 0.795. The second kappa shape index (κ2) is 10.4. The second-order valence-electron chi connectivity index (χ2n) is 4.81. The van der Waals surface area contributed by atoms with Crippen molar-refractivity contribution in [2.24, 2.45) is 0 Å². The van der Waals surface area contributed by atoms with Gasteiger partial charge in [-0.15, -0.1) is 31.4 Å². The summed E-state index contributed by atoms with van der Waals surface area (Å²) < 4.78 is 14.2. The van der Waals surface area contributed by atoms with E-state index in [1.165, 1.54) is 0 Å². The number of nitrogens with zero attached hydrogens (tertiary/aromatic N) is 1. The summed E-state index contributed by atoms with van der Waals surface area (Å²) in [4.78, 5) is 2.33. The molecule has 1 heterocycles. The largest absolute Gasteiger partial charge is 0.314 e. The summed E-state index contributed by atoms with van der Waals surface area (Å²) in [6, 6.07) is 5.35. The van der Waals surface area contributed by atoms with Gasteiger partial charge in [0.25, 0.3) is 0 Å². The van der Waals surface area contributed by atoms with E-state index in [0.29, 0.717) is 5.56 Å². The number of hydrogen-bond donors (Lipinski definition) is 1. The smallest absolute Gasteiger partial charge is 0.146 e. The van der Waals surface area contributed by atoms with Crippen LogP contribution in [0.25, 0.3) is 0 Å². The number of piperazine rings is 1. The van der Waals surface area contributed by atoms with E-state index in [1.807, 2.05) is 18.2 Å². The fourth-order valence-corrected chi connectivity index (χ4v) is 2.76. The lowest BCUT2D eigenvalue weighted by atomic mass is 9.99. The average molecular weight is 356 g/mol. The molecular weight excluding hydrogens is 334 g/mol. The predicted octanol–water partition coefficient (Wildman–Crippen LogP) is 4.24. The lowest BCUT2D eigenvalue weighted by Gasteiger charge is -2.35. The zero-order valence-electron chi connectivity index (χ0n) is 11.9. The van der Waals surface area contributed by atoms with E-state index in [0.717, 1.165) is 39.0 Å². The number of rotatable bonds is 5. The van der Waals surface area contributed by atoms with E-state index in [9.17, 15) is 4.39 Å². The minimum absolute atomic E-state index is 0. The molecule has 0 bridgehead atoms. The van der Waals surface area contributed by atoms with Gasteiger partial charge < -0.3 is 5.32 Å². The molecule has 0 amide bonds. The van der Waals surface area contributed by atoms with Gasteiger partial charge >= 0.3 is 0 Å². The van der Waals surface area contributed by atoms with Gasteiger partial charge in [-0.3, -0.25) is 4.90 Å². The van der Waals surface area contributed by atoms with Crippen LogP contribution in [0.15, 0.2) is 30.9 Å². The van der Waals surface area contributed by atoms with Crippen molar-refractivity contribution in [1.82, 2.24) is 10.2 Å². The van der Waals surface area contributed by atoms with Crippen molar-refractivity contribution >= 4 is 36.4 Å². The zero-order chi connectivity index (χ0) is 13.7. The SMILES string of the molecule is C=CCC[C@@H](c1cccc(Cl)c1F)N1CCNCC1.Cl.Cl. The molecule has 2 nitrogen and oxygen atoms in total. The molecule has 0 spiro atoms. The number of allylic oxidation sites excluding steroid dienone is 1. The molecule has 1 N–H and O–H groups in total. The van der Waals surface area contributed by atoms with Crippen LogP contribution in [0.4, 0.5) is 4.39 Å². The Balaban J connectivity index is 0.00000200. The van der Waals surface area contributed by atoms with Crippen molar-refractivity contribution in [2.45, 2.75) is 18.9 Å². The highest BCUT2D eigenvalue weighted by Crippen LogP contribution is 2.31. The van der Waals surface area contributed by atoms with Crippen molar-refractivity contribution in [3.05, 3.63) is 47.3 Å². The van der Waals surface area contributed by atoms with Crippen LogP contribution in [0.5, 0.6) is 0 Å². The van der Waals surface area contributed by atoms with Crippen molar-refractivity contribution < 1.29 is 4.39 Å². The fraction of sp³-hybridized carbons (Fsp3) is 0.467. The Morgan fingerprint density at radius 3 is 2.62 bits per heavy atom. The summed E-state index contributed by atoms with van der Waals surface area (Å²) >= 11 is 5.90. The second-order valence-corrected chi connectivity index (χ2v) is 5.22. The van der Waals surface area contributed by atoms with Gasteiger partial charge in [0.2, 0.25) is 0 Å². The van der Waals surface area contributed by atoms with Crippen molar-refractivity contribution in [3.8, 4) is 0 Å². The summed E-state index contributed by atoms with van der Waals surface area (Å²) in [5.41, 5.74) is 0.705. The molecule has 6 heteroatoms. The Labute approximate surface area is 143 Å². The van der Waals surface area contributed by atoms with Crippen molar-refractivity contribution in [2.75, 3.05) is 26.2 Å². The Kier molecular flexibility index (Phi) is 10.3. The molecule has 1 atom stereocenters. The Bertz CT molecular complexity index is 437. The first-order chi connectivity index (χ1) is 9.24. The molecule has 1 aliphatic rings. The molecule has 120 valence electrons. The van der Waals surface area contributed by atoms with Crippen LogP contribution in [0.3, 0.4) is 0 Å². The monoisotopic (exact) mass is 354 g/mol. The van der Waals surface area contributed by atoms with Gasteiger partial charge in [0, 0.05) is 37.8 Å². The van der Waals surface area contributed by atoms with Gasteiger partial charge in [0.15, 0.2) is 0 Å². The fourth-order valence-electron chi connectivity index (χ4n) is 2.58. The minimum Gasteiger partial charge on any atom is -0.314 e. The molecule has 1 saturated heterocycles. The Morgan fingerprint density at radius 2 is 2.00 bits per heavy atom. The topological polar surface area (TPSA) is 15.3 Å². The van der Waals surface area contributed by atoms with Gasteiger partial charge in [-0.25, -0.2) is 4.39 Å². The van der Waals surface area contributed by atoms with E-state index in [-0.39, 0.29) is 41.7 Å². The highest BCUT2D eigenvalue weighted by Gasteiger charge is 2.24. The molecule has 1 fully saturated rings. The number of nitrogens with one attached hydrogen (secondary N) is 1. The zero-order valence-corrected chi connectivity index (χ0v) is 14.2. The lowest BCUT2D eigenvalue weighted by molar-refractivity contribution is 0.163. The van der Waals surface area contributed by atoms with E-state index in [2.05, 4.69) is 16.8 Å². The highest BCUT2D eigenvalue weighted by atomic mass is 35.5. The normalized spacial score (nSPS) is 16.5. The van der Waals surface area contributed by atoms with Crippen LogP contribution >= 0.6 is 36.4 Å². The third kappa shape index (κ3) is 5.42. The summed E-state index contributed by atoms with van der Waals surface area (Å²) in [6.45, 7) is 7.54. The summed E-state index contributed by atoms with van der Waals surface area (Å²) in [5, 5.41) is 3.53. The molecule has 0 saturated carbocycles. The molecule has 0 radical (unpaired) electrons. The van der Waals surface area contributed by atoms with Crippen molar-refractivity contribution in [3.63, 3.8) is 0 Å². The predicted molar refractivity (Wildman–Crippen MR) is 92.5 cm³/mol. The maximum atomic E-state index is 14.2. The molecule has 2 rings (SSSR count). The maximum Gasteiger partial charge on any atom is 0.146 e. The number of halogens is 4. The summed E-state index contributed by atoms with van der Waals surface area (Å²) in [5.74, 6) is -0.281. The highest BCUT2D eigenvalue weighted by molar-refractivity contribution is 6.30. The van der Waals surface area contributed by atoms with Crippen LogP contribution in [-0.4, -0.2) is 31.1 Å². The van der Waals surface area contributed by atoms with Crippen LogP contribution < -0.4 is 5.32 Å². The van der Waals surface area contributed by atoms with Crippen molar-refractivity contribution in [1.29, 1.82) is 0 Å². The molecule has 1 aromatic rings. The van der Waals surface area contributed by atoms with Crippen LogP contribution in [0.1, 0.15) is 24.4 Å². The van der Waals surface area contributed by atoms with Gasteiger partial charge in [-0.1, -0.05) is 29.8 Å². The molecule has 0 aromatic heterocycles. The van der Waals surface area contributed by atoms with E-state index in [4.69, 9.17) is 11.6 Å². The molecule has 0 unspecified atom stereocenters. The Hall–Kier alpha value is -0.320. The van der Waals surface area contributed by atoms with Crippen LogP contribution in [-0.2, 0) is 0 Å². The first-order valence-corrected chi connectivity index (χ1v) is 7.11. The molecule has 1 aliphatic heterocycles.